The summed E-state index contributed by atoms with van der Waals surface area (Å²) in [6.07, 6.45) is 3.18. The van der Waals surface area contributed by atoms with E-state index in [4.69, 9.17) is 5.73 Å². The van der Waals surface area contributed by atoms with Crippen molar-refractivity contribution in [3.8, 4) is 0 Å². The van der Waals surface area contributed by atoms with Gasteiger partial charge in [-0.1, -0.05) is 13.8 Å². The highest BCUT2D eigenvalue weighted by Gasteiger charge is 2.13. The van der Waals surface area contributed by atoms with Crippen molar-refractivity contribution in [2.45, 2.75) is 39.8 Å². The first-order chi connectivity index (χ1) is 9.13. The predicted molar refractivity (Wildman–Crippen MR) is 73.6 cm³/mol. The molecule has 0 bridgehead atoms. The summed E-state index contributed by atoms with van der Waals surface area (Å²) in [5, 5.41) is 11.2. The van der Waals surface area contributed by atoms with Crippen LogP contribution >= 0.6 is 0 Å². The summed E-state index contributed by atoms with van der Waals surface area (Å²) < 4.78 is 1.98. The highest BCUT2D eigenvalue weighted by molar-refractivity contribution is 5.56. The van der Waals surface area contributed by atoms with E-state index in [9.17, 15) is 0 Å². The molecular weight excluding hydrogens is 242 g/mol. The minimum Gasteiger partial charge on any atom is -0.383 e. The first kappa shape index (κ1) is 13.3. The van der Waals surface area contributed by atoms with E-state index in [0.717, 1.165) is 23.8 Å². The topological polar surface area (TPSA) is 94.5 Å². The molecule has 0 aliphatic carbocycles. The van der Waals surface area contributed by atoms with Crippen molar-refractivity contribution >= 4 is 11.6 Å². The van der Waals surface area contributed by atoms with Crippen LogP contribution < -0.4 is 11.1 Å². The highest BCUT2D eigenvalue weighted by Crippen LogP contribution is 2.26. The fraction of sp³-hybridized carbons (Fsp3) is 0.500. The number of rotatable bonds is 5. The summed E-state index contributed by atoms with van der Waals surface area (Å²) in [4.78, 5) is 8.29. The third kappa shape index (κ3) is 2.81. The minimum atomic E-state index is 0.257. The second kappa shape index (κ2) is 5.64. The van der Waals surface area contributed by atoms with Gasteiger partial charge in [0.15, 0.2) is 5.82 Å². The van der Waals surface area contributed by atoms with E-state index in [1.807, 2.05) is 4.57 Å². The van der Waals surface area contributed by atoms with Crippen LogP contribution in [0.25, 0.3) is 0 Å². The molecule has 102 valence electrons. The molecule has 0 saturated carbocycles. The number of nitrogen functional groups attached to an aromatic ring is 1. The summed E-state index contributed by atoms with van der Waals surface area (Å²) in [7, 11) is 0. The average Bonchev–Trinajstić information content (AvgIpc) is 2.83. The zero-order valence-corrected chi connectivity index (χ0v) is 11.5. The fourth-order valence-corrected chi connectivity index (χ4v) is 1.96. The summed E-state index contributed by atoms with van der Waals surface area (Å²) in [6, 6.07) is 0. The van der Waals surface area contributed by atoms with Gasteiger partial charge in [0.05, 0.1) is 6.54 Å². The van der Waals surface area contributed by atoms with Gasteiger partial charge in [-0.2, -0.15) is 0 Å². The van der Waals surface area contributed by atoms with E-state index in [1.54, 1.807) is 6.33 Å². The Morgan fingerprint density at radius 1 is 1.37 bits per heavy atom. The van der Waals surface area contributed by atoms with E-state index in [2.05, 4.69) is 46.3 Å². The van der Waals surface area contributed by atoms with Crippen molar-refractivity contribution in [3.05, 3.63) is 24.0 Å². The van der Waals surface area contributed by atoms with Crippen molar-refractivity contribution in [1.82, 2.24) is 24.7 Å². The Morgan fingerprint density at radius 3 is 2.84 bits per heavy atom. The van der Waals surface area contributed by atoms with Gasteiger partial charge in [0, 0.05) is 12.1 Å². The lowest BCUT2D eigenvalue weighted by Crippen LogP contribution is -2.12. The van der Waals surface area contributed by atoms with Crippen LogP contribution in [0.15, 0.2) is 12.7 Å². The molecular formula is C12H19N7. The maximum absolute atomic E-state index is 5.90. The molecule has 0 radical (unpaired) electrons. The second-order valence-corrected chi connectivity index (χ2v) is 4.56. The Morgan fingerprint density at radius 2 is 2.16 bits per heavy atom. The minimum absolute atomic E-state index is 0.257. The Kier molecular flexibility index (Phi) is 3.94. The maximum Gasteiger partial charge on any atom is 0.152 e. The van der Waals surface area contributed by atoms with Crippen LogP contribution in [0.1, 0.15) is 38.1 Å². The van der Waals surface area contributed by atoms with E-state index < -0.39 is 0 Å². The number of nitrogens with zero attached hydrogens (tertiary/aromatic N) is 5. The first-order valence-corrected chi connectivity index (χ1v) is 6.34. The third-order valence-corrected chi connectivity index (χ3v) is 2.94. The fourth-order valence-electron chi connectivity index (χ4n) is 1.96. The number of nitrogens with two attached hydrogens (primary N) is 1. The lowest BCUT2D eigenvalue weighted by Gasteiger charge is -2.14. The van der Waals surface area contributed by atoms with Crippen LogP contribution in [0.2, 0.25) is 0 Å². The second-order valence-electron chi connectivity index (χ2n) is 4.56. The Balaban J connectivity index is 2.18. The molecule has 2 aromatic heterocycles. The van der Waals surface area contributed by atoms with Gasteiger partial charge in [-0.25, -0.2) is 9.97 Å². The summed E-state index contributed by atoms with van der Waals surface area (Å²) >= 11 is 0. The number of anilines is 2. The molecule has 2 heterocycles. The molecule has 0 saturated heterocycles. The molecule has 0 unspecified atom stereocenters. The maximum atomic E-state index is 5.90. The molecule has 2 rings (SSSR count). The highest BCUT2D eigenvalue weighted by atomic mass is 15.3. The van der Waals surface area contributed by atoms with Gasteiger partial charge >= 0.3 is 0 Å². The zero-order valence-electron chi connectivity index (χ0n) is 11.5. The molecule has 0 amide bonds. The number of hydrogen-bond acceptors (Lipinski definition) is 6. The molecule has 0 spiro atoms. The van der Waals surface area contributed by atoms with Crippen molar-refractivity contribution in [3.63, 3.8) is 0 Å². The smallest absolute Gasteiger partial charge is 0.152 e. The van der Waals surface area contributed by atoms with E-state index >= 15 is 0 Å². The van der Waals surface area contributed by atoms with Crippen molar-refractivity contribution in [1.29, 1.82) is 0 Å². The zero-order chi connectivity index (χ0) is 13.8. The van der Waals surface area contributed by atoms with Gasteiger partial charge in [0.2, 0.25) is 0 Å². The van der Waals surface area contributed by atoms with Gasteiger partial charge in [0.25, 0.3) is 0 Å². The normalized spacial score (nSPS) is 10.9. The lowest BCUT2D eigenvalue weighted by atomic mass is 10.0. The molecule has 0 atom stereocenters. The van der Waals surface area contributed by atoms with Crippen LogP contribution in [0.3, 0.4) is 0 Å². The Hall–Kier alpha value is -2.18. The van der Waals surface area contributed by atoms with Gasteiger partial charge in [-0.3, -0.25) is 0 Å². The van der Waals surface area contributed by atoms with Gasteiger partial charge in [0.1, 0.15) is 24.3 Å². The summed E-state index contributed by atoms with van der Waals surface area (Å²) in [6.45, 7) is 7.58. The molecule has 2 aromatic rings. The van der Waals surface area contributed by atoms with Gasteiger partial charge in [-0.05, 0) is 12.8 Å². The van der Waals surface area contributed by atoms with Crippen molar-refractivity contribution < 1.29 is 0 Å². The molecule has 0 aliphatic heterocycles. The van der Waals surface area contributed by atoms with Crippen LogP contribution in [-0.2, 0) is 13.1 Å². The van der Waals surface area contributed by atoms with E-state index in [1.165, 1.54) is 6.33 Å². The Bertz CT molecular complexity index is 547. The molecule has 19 heavy (non-hydrogen) atoms. The summed E-state index contributed by atoms with van der Waals surface area (Å²) in [5.41, 5.74) is 6.84. The van der Waals surface area contributed by atoms with Gasteiger partial charge in [-0.15, -0.1) is 10.2 Å². The first-order valence-electron chi connectivity index (χ1n) is 6.34. The number of aryl methyl sites for hydroxylation is 1. The van der Waals surface area contributed by atoms with Crippen molar-refractivity contribution in [2.75, 3.05) is 11.1 Å². The van der Waals surface area contributed by atoms with Crippen molar-refractivity contribution in [2.24, 2.45) is 0 Å². The predicted octanol–water partition coefficient (Wildman–Crippen LogP) is 1.41. The monoisotopic (exact) mass is 261 g/mol. The van der Waals surface area contributed by atoms with Crippen LogP contribution in [-0.4, -0.2) is 24.7 Å². The Labute approximate surface area is 112 Å². The lowest BCUT2D eigenvalue weighted by molar-refractivity contribution is 0.706. The standard InChI is InChI=1S/C12H19N7/c1-4-19-7-17-18-9(19)5-14-12-10(8(2)3)11(13)15-6-16-12/h6-8H,4-5H2,1-3H3,(H3,13,14,15,16). The number of nitrogens with one attached hydrogen (secondary N) is 1. The number of hydrogen-bond donors (Lipinski definition) is 2. The molecule has 0 aromatic carbocycles. The molecule has 7 nitrogen and oxygen atoms in total. The molecule has 0 fully saturated rings. The van der Waals surface area contributed by atoms with Crippen LogP contribution in [0.4, 0.5) is 11.6 Å². The average molecular weight is 261 g/mol. The molecule has 3 N–H and O–H groups in total. The molecule has 7 heteroatoms. The van der Waals surface area contributed by atoms with E-state index in [-0.39, 0.29) is 5.92 Å². The quantitative estimate of drug-likeness (QED) is 0.845. The van der Waals surface area contributed by atoms with Gasteiger partial charge < -0.3 is 15.6 Å². The third-order valence-electron chi connectivity index (χ3n) is 2.94. The van der Waals surface area contributed by atoms with Crippen LogP contribution in [0, 0.1) is 0 Å². The number of aromatic nitrogens is 5. The van der Waals surface area contributed by atoms with Crippen LogP contribution in [0.5, 0.6) is 0 Å². The summed E-state index contributed by atoms with van der Waals surface area (Å²) in [5.74, 6) is 2.40. The SMILES string of the molecule is CCn1cnnc1CNc1ncnc(N)c1C(C)C. The largest absolute Gasteiger partial charge is 0.383 e. The van der Waals surface area contributed by atoms with E-state index in [0.29, 0.717) is 12.4 Å². The molecule has 0 aliphatic rings.